The number of ether oxygens (including phenoxy) is 1. The van der Waals surface area contributed by atoms with Crippen molar-refractivity contribution in [3.63, 3.8) is 0 Å². The van der Waals surface area contributed by atoms with Crippen LogP contribution in [0.15, 0.2) is 18.2 Å². The maximum absolute atomic E-state index is 5.93. The van der Waals surface area contributed by atoms with Crippen LogP contribution in [0.5, 0.6) is 5.75 Å². The second-order valence-corrected chi connectivity index (χ2v) is 7.53. The van der Waals surface area contributed by atoms with Crippen molar-refractivity contribution < 1.29 is 4.74 Å². The van der Waals surface area contributed by atoms with Crippen molar-refractivity contribution in [1.82, 2.24) is 0 Å². The van der Waals surface area contributed by atoms with Crippen LogP contribution in [-0.2, 0) is 6.42 Å². The fraction of sp³-hybridized carbons (Fsp3) is 0.625. The Kier molecular flexibility index (Phi) is 3.52. The second-order valence-electron chi connectivity index (χ2n) is 6.61. The van der Waals surface area contributed by atoms with Gasteiger partial charge in [0, 0.05) is 11.2 Å². The number of hydrogen-bond acceptors (Lipinski definition) is 1. The van der Waals surface area contributed by atoms with Gasteiger partial charge in [-0.15, -0.1) is 0 Å². The van der Waals surface area contributed by atoms with Crippen molar-refractivity contribution in [2.24, 2.45) is 5.41 Å². The zero-order valence-corrected chi connectivity index (χ0v) is 13.6. The van der Waals surface area contributed by atoms with E-state index in [1.807, 2.05) is 0 Å². The van der Waals surface area contributed by atoms with Gasteiger partial charge in [-0.05, 0) is 42.9 Å². The summed E-state index contributed by atoms with van der Waals surface area (Å²) >= 11 is 3.86. The average Bonchev–Trinajstić information content (AvgIpc) is 2.60. The van der Waals surface area contributed by atoms with Crippen molar-refractivity contribution in [3.05, 3.63) is 29.3 Å². The Morgan fingerprint density at radius 3 is 2.67 bits per heavy atom. The molecule has 1 aliphatic heterocycles. The fourth-order valence-electron chi connectivity index (χ4n) is 2.42. The van der Waals surface area contributed by atoms with E-state index in [9.17, 15) is 0 Å². The van der Waals surface area contributed by atoms with Gasteiger partial charge in [-0.2, -0.15) is 0 Å². The quantitative estimate of drug-likeness (QED) is 0.691. The van der Waals surface area contributed by atoms with E-state index in [2.05, 4.69) is 68.7 Å². The number of halogens is 1. The van der Waals surface area contributed by atoms with Crippen LogP contribution < -0.4 is 4.74 Å². The number of hydrogen-bond donors (Lipinski definition) is 0. The first-order valence-electron chi connectivity index (χ1n) is 6.71. The van der Waals surface area contributed by atoms with E-state index < -0.39 is 0 Å². The normalized spacial score (nSPS) is 19.2. The number of alkyl halides is 1. The van der Waals surface area contributed by atoms with Crippen molar-refractivity contribution in [2.75, 3.05) is 0 Å². The summed E-state index contributed by atoms with van der Waals surface area (Å²) in [5, 5.41) is 0. The van der Waals surface area contributed by atoms with Crippen LogP contribution in [0.3, 0.4) is 0 Å². The van der Waals surface area contributed by atoms with Gasteiger partial charge in [0.05, 0.1) is 0 Å². The highest BCUT2D eigenvalue weighted by molar-refractivity contribution is 9.09. The third kappa shape index (κ3) is 2.59. The molecule has 0 bridgehead atoms. The summed E-state index contributed by atoms with van der Waals surface area (Å²) in [6, 6.07) is 6.62. The van der Waals surface area contributed by atoms with Crippen LogP contribution in [-0.4, -0.2) is 5.60 Å². The third-order valence-electron chi connectivity index (χ3n) is 3.98. The summed E-state index contributed by atoms with van der Waals surface area (Å²) in [4.78, 5) is 0.393. The summed E-state index contributed by atoms with van der Waals surface area (Å²) in [6.07, 6.45) is 2.16. The molecule has 100 valence electrons. The molecule has 0 N–H and O–H groups in total. The van der Waals surface area contributed by atoms with Crippen molar-refractivity contribution in [2.45, 2.75) is 57.9 Å². The summed E-state index contributed by atoms with van der Waals surface area (Å²) < 4.78 is 5.93. The summed E-state index contributed by atoms with van der Waals surface area (Å²) in [7, 11) is 0. The minimum Gasteiger partial charge on any atom is -0.487 e. The van der Waals surface area contributed by atoms with E-state index in [0.29, 0.717) is 4.83 Å². The van der Waals surface area contributed by atoms with E-state index >= 15 is 0 Å². The molecule has 0 radical (unpaired) electrons. The minimum absolute atomic E-state index is 0.0525. The van der Waals surface area contributed by atoms with Gasteiger partial charge in [-0.25, -0.2) is 0 Å². The van der Waals surface area contributed by atoms with Gasteiger partial charge in [-0.3, -0.25) is 0 Å². The molecule has 1 aromatic carbocycles. The predicted octanol–water partition coefficient (Wildman–Crippen LogP) is 5.27. The molecule has 1 heterocycles. The Hall–Kier alpha value is -0.500. The minimum atomic E-state index is -0.0525. The molecule has 1 atom stereocenters. The first kappa shape index (κ1) is 13.9. The second kappa shape index (κ2) is 4.56. The molecule has 0 spiro atoms. The lowest BCUT2D eigenvalue weighted by atomic mass is 9.82. The largest absolute Gasteiger partial charge is 0.487 e. The topological polar surface area (TPSA) is 9.23 Å². The average molecular weight is 311 g/mol. The van der Waals surface area contributed by atoms with Crippen LogP contribution in [0.4, 0.5) is 0 Å². The summed E-state index contributed by atoms with van der Waals surface area (Å²) in [6.45, 7) is 11.1. The monoisotopic (exact) mass is 310 g/mol. The predicted molar refractivity (Wildman–Crippen MR) is 80.6 cm³/mol. The van der Waals surface area contributed by atoms with Crippen molar-refractivity contribution in [3.8, 4) is 5.75 Å². The molecule has 18 heavy (non-hydrogen) atoms. The molecule has 1 unspecified atom stereocenters. The highest BCUT2D eigenvalue weighted by Gasteiger charge is 2.32. The maximum Gasteiger partial charge on any atom is 0.123 e. The SMILES string of the molecule is CCC(C)(C)C(Br)c1ccc2c(c1)CC(C)(C)O2. The highest BCUT2D eigenvalue weighted by Crippen LogP contribution is 2.45. The standard InChI is InChI=1S/C16H23BrO/c1-6-15(2,3)14(17)11-7-8-13-12(9-11)10-16(4,5)18-13/h7-9,14H,6,10H2,1-5H3. The molecule has 0 fully saturated rings. The van der Waals surface area contributed by atoms with Gasteiger partial charge in [-0.1, -0.05) is 48.8 Å². The third-order valence-corrected chi connectivity index (χ3v) is 5.75. The van der Waals surface area contributed by atoms with Crippen LogP contribution in [0, 0.1) is 5.41 Å². The van der Waals surface area contributed by atoms with Gasteiger partial charge in [0.25, 0.3) is 0 Å². The van der Waals surface area contributed by atoms with Gasteiger partial charge in [0.15, 0.2) is 0 Å². The highest BCUT2D eigenvalue weighted by atomic mass is 79.9. The Morgan fingerprint density at radius 2 is 2.06 bits per heavy atom. The van der Waals surface area contributed by atoms with Gasteiger partial charge in [0.1, 0.15) is 11.4 Å². The molecule has 0 aliphatic carbocycles. The molecule has 0 saturated carbocycles. The van der Waals surface area contributed by atoms with E-state index in [1.165, 1.54) is 11.1 Å². The van der Waals surface area contributed by atoms with E-state index in [4.69, 9.17) is 4.74 Å². The van der Waals surface area contributed by atoms with E-state index in [-0.39, 0.29) is 11.0 Å². The molecule has 2 rings (SSSR count). The Labute approximate surface area is 119 Å². The zero-order chi connectivity index (χ0) is 13.6. The van der Waals surface area contributed by atoms with Crippen LogP contribution in [0.2, 0.25) is 0 Å². The van der Waals surface area contributed by atoms with Crippen molar-refractivity contribution >= 4 is 15.9 Å². The van der Waals surface area contributed by atoms with E-state index in [1.54, 1.807) is 0 Å². The molecule has 0 amide bonds. The fourth-order valence-corrected chi connectivity index (χ4v) is 3.03. The number of rotatable bonds is 3. The van der Waals surface area contributed by atoms with Crippen LogP contribution in [0.1, 0.15) is 57.0 Å². The maximum atomic E-state index is 5.93. The lowest BCUT2D eigenvalue weighted by molar-refractivity contribution is 0.138. The molecule has 0 saturated heterocycles. The summed E-state index contributed by atoms with van der Waals surface area (Å²) in [5.41, 5.74) is 2.92. The van der Waals surface area contributed by atoms with Crippen molar-refractivity contribution in [1.29, 1.82) is 0 Å². The first-order chi connectivity index (χ1) is 8.25. The van der Waals surface area contributed by atoms with Crippen LogP contribution >= 0.6 is 15.9 Å². The van der Waals surface area contributed by atoms with E-state index in [0.717, 1.165) is 18.6 Å². The Balaban J connectivity index is 2.29. The molecule has 2 heteroatoms. The van der Waals surface area contributed by atoms with Crippen LogP contribution in [0.25, 0.3) is 0 Å². The van der Waals surface area contributed by atoms with Gasteiger partial charge >= 0.3 is 0 Å². The molecule has 1 aromatic rings. The number of fused-ring (bicyclic) bond motifs is 1. The Bertz CT molecular complexity index is 448. The summed E-state index contributed by atoms with van der Waals surface area (Å²) in [5.74, 6) is 1.05. The Morgan fingerprint density at radius 1 is 1.39 bits per heavy atom. The zero-order valence-electron chi connectivity index (χ0n) is 12.0. The first-order valence-corrected chi connectivity index (χ1v) is 7.63. The molecule has 1 aliphatic rings. The van der Waals surface area contributed by atoms with Gasteiger partial charge < -0.3 is 4.74 Å². The lowest BCUT2D eigenvalue weighted by Crippen LogP contribution is -2.24. The molecule has 0 aromatic heterocycles. The smallest absolute Gasteiger partial charge is 0.123 e. The molecular formula is C16H23BrO. The molecular weight excluding hydrogens is 288 g/mol. The van der Waals surface area contributed by atoms with Gasteiger partial charge in [0.2, 0.25) is 0 Å². The lowest BCUT2D eigenvalue weighted by Gasteiger charge is -2.29. The number of benzene rings is 1. The molecule has 1 nitrogen and oxygen atoms in total.